The van der Waals surface area contributed by atoms with Gasteiger partial charge >= 0.3 is 0 Å². The number of likely N-dealkylation sites (tertiary alicyclic amines) is 1. The van der Waals surface area contributed by atoms with Gasteiger partial charge in [-0.15, -0.1) is 0 Å². The van der Waals surface area contributed by atoms with Gasteiger partial charge in [0.2, 0.25) is 11.8 Å². The smallest absolute Gasteiger partial charge is 0.290 e. The van der Waals surface area contributed by atoms with E-state index in [0.717, 1.165) is 6.07 Å². The van der Waals surface area contributed by atoms with Gasteiger partial charge in [0.15, 0.2) is 17.5 Å². The van der Waals surface area contributed by atoms with Gasteiger partial charge in [-0.05, 0) is 24.5 Å². The zero-order chi connectivity index (χ0) is 23.3. The molecule has 2 aromatic rings. The predicted octanol–water partition coefficient (Wildman–Crippen LogP) is 2.72. The molecule has 1 amide bonds. The molecule has 2 heterocycles. The molecule has 2 unspecified atom stereocenters. The molecule has 0 spiro atoms. The highest BCUT2D eigenvalue weighted by molar-refractivity contribution is 5.78. The van der Waals surface area contributed by atoms with Crippen molar-refractivity contribution in [2.24, 2.45) is 5.73 Å². The van der Waals surface area contributed by atoms with Crippen LogP contribution in [-0.2, 0) is 21.4 Å². The Balaban J connectivity index is 0.00000107. The largest absolute Gasteiger partial charge is 0.483 e. The molecule has 1 aliphatic rings. The van der Waals surface area contributed by atoms with Crippen molar-refractivity contribution >= 4 is 12.4 Å². The SMILES string of the molecule is CC(C)(C)c1noc(C2CCN2C(=O)CC(N)Cc2cc(F)c(F)cc2F)n1.O=CO. The quantitative estimate of drug-likeness (QED) is 0.539. The first-order valence-electron chi connectivity index (χ1n) is 9.58. The Labute approximate surface area is 177 Å². The zero-order valence-electron chi connectivity index (χ0n) is 17.4. The van der Waals surface area contributed by atoms with E-state index in [1.807, 2.05) is 20.8 Å². The molecule has 8 nitrogen and oxygen atoms in total. The van der Waals surface area contributed by atoms with E-state index in [4.69, 9.17) is 20.2 Å². The van der Waals surface area contributed by atoms with Crippen LogP contribution in [-0.4, -0.2) is 45.1 Å². The summed E-state index contributed by atoms with van der Waals surface area (Å²) in [5.74, 6) is -2.59. The Morgan fingerprint density at radius 3 is 2.45 bits per heavy atom. The third kappa shape index (κ3) is 6.03. The van der Waals surface area contributed by atoms with Crippen LogP contribution < -0.4 is 5.73 Å². The molecule has 1 aliphatic heterocycles. The van der Waals surface area contributed by atoms with Crippen molar-refractivity contribution in [3.8, 4) is 0 Å². The Kier molecular flexibility index (Phi) is 7.77. The van der Waals surface area contributed by atoms with Gasteiger partial charge in [0.05, 0.1) is 0 Å². The number of hydrogen-bond donors (Lipinski definition) is 2. The van der Waals surface area contributed by atoms with Crippen LogP contribution in [0.15, 0.2) is 16.7 Å². The van der Waals surface area contributed by atoms with E-state index in [0.29, 0.717) is 30.7 Å². The fourth-order valence-corrected chi connectivity index (χ4v) is 3.03. The second-order valence-electron chi connectivity index (χ2n) is 8.23. The zero-order valence-corrected chi connectivity index (χ0v) is 17.4. The first-order valence-corrected chi connectivity index (χ1v) is 9.58. The van der Waals surface area contributed by atoms with Gasteiger partial charge in [0, 0.05) is 30.5 Å². The van der Waals surface area contributed by atoms with Gasteiger partial charge in [-0.2, -0.15) is 4.98 Å². The van der Waals surface area contributed by atoms with Crippen molar-refractivity contribution in [1.82, 2.24) is 15.0 Å². The van der Waals surface area contributed by atoms with Gasteiger partial charge in [-0.25, -0.2) is 13.2 Å². The Morgan fingerprint density at radius 2 is 1.94 bits per heavy atom. The summed E-state index contributed by atoms with van der Waals surface area (Å²) >= 11 is 0. The summed E-state index contributed by atoms with van der Waals surface area (Å²) in [5, 5.41) is 10.9. The minimum Gasteiger partial charge on any atom is -0.483 e. The lowest BCUT2D eigenvalue weighted by molar-refractivity contribution is -0.140. The molecule has 1 aromatic heterocycles. The number of carbonyl (C=O) groups is 2. The lowest BCUT2D eigenvalue weighted by Crippen LogP contribution is -2.47. The Bertz CT molecular complexity index is 930. The van der Waals surface area contributed by atoms with Gasteiger partial charge < -0.3 is 20.3 Å². The highest BCUT2D eigenvalue weighted by Crippen LogP contribution is 2.34. The number of carbonyl (C=O) groups excluding carboxylic acids is 1. The van der Waals surface area contributed by atoms with Crippen LogP contribution in [0.1, 0.15) is 56.9 Å². The molecule has 11 heteroatoms. The molecule has 3 rings (SSSR count). The highest BCUT2D eigenvalue weighted by atomic mass is 19.2. The molecule has 0 radical (unpaired) electrons. The van der Waals surface area contributed by atoms with E-state index in [1.54, 1.807) is 4.90 Å². The number of nitrogens with zero attached hydrogens (tertiary/aromatic N) is 3. The van der Waals surface area contributed by atoms with Gasteiger partial charge in [-0.1, -0.05) is 25.9 Å². The van der Waals surface area contributed by atoms with Gasteiger partial charge in [-0.3, -0.25) is 9.59 Å². The van der Waals surface area contributed by atoms with Crippen molar-refractivity contribution in [3.63, 3.8) is 0 Å². The molecule has 170 valence electrons. The Hall–Kier alpha value is -2.95. The second kappa shape index (κ2) is 9.90. The monoisotopic (exact) mass is 442 g/mol. The summed E-state index contributed by atoms with van der Waals surface area (Å²) < 4.78 is 45.4. The standard InChI is InChI=1S/C19H23F3N4O2.CH2O2/c1-19(2,3)18-24-17(28-25-18)15-4-5-26(15)16(27)8-11(23)6-10-7-13(21)14(22)9-12(10)20;2-1-3/h7,9,11,15H,4-6,8,23H2,1-3H3;1H,(H,2,3). The van der Waals surface area contributed by atoms with E-state index in [1.165, 1.54) is 0 Å². The van der Waals surface area contributed by atoms with E-state index >= 15 is 0 Å². The maximum atomic E-state index is 13.8. The van der Waals surface area contributed by atoms with E-state index in [-0.39, 0.29) is 42.2 Å². The molecule has 0 bridgehead atoms. The third-order valence-corrected chi connectivity index (χ3v) is 4.75. The minimum atomic E-state index is -1.26. The molecular formula is C20H25F3N4O4. The number of amides is 1. The number of halogens is 3. The number of nitrogens with two attached hydrogens (primary N) is 1. The average molecular weight is 442 g/mol. The summed E-state index contributed by atoms with van der Waals surface area (Å²) in [6, 6.07) is 0.213. The first kappa shape index (κ1) is 24.3. The normalized spacial score (nSPS) is 16.7. The molecule has 3 N–H and O–H groups in total. The van der Waals surface area contributed by atoms with Crippen molar-refractivity contribution in [3.05, 3.63) is 46.9 Å². The molecule has 0 saturated carbocycles. The highest BCUT2D eigenvalue weighted by Gasteiger charge is 2.38. The summed E-state index contributed by atoms with van der Waals surface area (Å²) in [4.78, 5) is 26.9. The van der Waals surface area contributed by atoms with E-state index < -0.39 is 23.5 Å². The van der Waals surface area contributed by atoms with Crippen LogP contribution in [0, 0.1) is 17.5 Å². The van der Waals surface area contributed by atoms with E-state index in [9.17, 15) is 18.0 Å². The maximum absolute atomic E-state index is 13.8. The van der Waals surface area contributed by atoms with Crippen LogP contribution in [0.2, 0.25) is 0 Å². The summed E-state index contributed by atoms with van der Waals surface area (Å²) in [5.41, 5.74) is 5.61. The van der Waals surface area contributed by atoms with Gasteiger partial charge in [0.1, 0.15) is 11.9 Å². The number of carboxylic acid groups (broad SMARTS) is 1. The molecule has 31 heavy (non-hydrogen) atoms. The maximum Gasteiger partial charge on any atom is 0.290 e. The van der Waals surface area contributed by atoms with Crippen LogP contribution in [0.4, 0.5) is 13.2 Å². The lowest BCUT2D eigenvalue weighted by atomic mass is 9.96. The second-order valence-corrected chi connectivity index (χ2v) is 8.23. The minimum absolute atomic E-state index is 0.0603. The van der Waals surface area contributed by atoms with Crippen LogP contribution in [0.5, 0.6) is 0 Å². The summed E-state index contributed by atoms with van der Waals surface area (Å²) in [6.45, 7) is 6.16. The topological polar surface area (TPSA) is 123 Å². The van der Waals surface area contributed by atoms with Crippen molar-refractivity contribution in [2.45, 2.75) is 57.5 Å². The lowest BCUT2D eigenvalue weighted by Gasteiger charge is -2.39. The van der Waals surface area contributed by atoms with Gasteiger partial charge in [0.25, 0.3) is 6.47 Å². The van der Waals surface area contributed by atoms with Crippen molar-refractivity contribution < 1.29 is 32.4 Å². The summed E-state index contributed by atoms with van der Waals surface area (Å²) in [6.07, 6.45) is 0.557. The Morgan fingerprint density at radius 1 is 1.32 bits per heavy atom. The van der Waals surface area contributed by atoms with Crippen LogP contribution in [0.3, 0.4) is 0 Å². The number of hydrogen-bond acceptors (Lipinski definition) is 6. The molecule has 1 fully saturated rings. The fraction of sp³-hybridized carbons (Fsp3) is 0.500. The molecule has 0 aliphatic carbocycles. The molecular weight excluding hydrogens is 417 g/mol. The third-order valence-electron chi connectivity index (χ3n) is 4.75. The number of aromatic nitrogens is 2. The molecule has 1 aromatic carbocycles. The van der Waals surface area contributed by atoms with Crippen molar-refractivity contribution in [2.75, 3.05) is 6.54 Å². The summed E-state index contributed by atoms with van der Waals surface area (Å²) in [7, 11) is 0. The van der Waals surface area contributed by atoms with Crippen molar-refractivity contribution in [1.29, 1.82) is 0 Å². The fourth-order valence-electron chi connectivity index (χ4n) is 3.03. The first-order chi connectivity index (χ1) is 14.5. The average Bonchev–Trinajstić information content (AvgIpc) is 3.09. The molecule has 2 atom stereocenters. The van der Waals surface area contributed by atoms with E-state index in [2.05, 4.69) is 10.1 Å². The van der Waals surface area contributed by atoms with Crippen LogP contribution in [0.25, 0.3) is 0 Å². The number of rotatable bonds is 5. The number of benzene rings is 1. The predicted molar refractivity (Wildman–Crippen MR) is 103 cm³/mol. The van der Waals surface area contributed by atoms with Crippen LogP contribution >= 0.6 is 0 Å². The molecule has 1 saturated heterocycles.